The zero-order valence-corrected chi connectivity index (χ0v) is 17.4. The van der Waals surface area contributed by atoms with Gasteiger partial charge in [0.2, 0.25) is 0 Å². The summed E-state index contributed by atoms with van der Waals surface area (Å²) in [5, 5.41) is 19.8. The van der Waals surface area contributed by atoms with Crippen LogP contribution < -0.4 is 0 Å². The molecule has 1 fully saturated rings. The molecule has 0 aliphatic carbocycles. The van der Waals surface area contributed by atoms with Crippen LogP contribution in [0.25, 0.3) is 5.57 Å². The van der Waals surface area contributed by atoms with E-state index in [1.54, 1.807) is 24.3 Å². The molecule has 0 bridgehead atoms. The van der Waals surface area contributed by atoms with Gasteiger partial charge in [-0.3, -0.25) is 4.90 Å². The van der Waals surface area contributed by atoms with Gasteiger partial charge in [0.05, 0.1) is 24.7 Å². The lowest BCUT2D eigenvalue weighted by Gasteiger charge is -2.37. The van der Waals surface area contributed by atoms with Crippen molar-refractivity contribution in [3.63, 3.8) is 0 Å². The molecule has 3 atom stereocenters. The fourth-order valence-electron chi connectivity index (χ4n) is 3.65. The molecule has 0 radical (unpaired) electrons. The molecule has 164 valence electrons. The summed E-state index contributed by atoms with van der Waals surface area (Å²) in [6, 6.07) is 5.05. The average molecular weight is 418 g/mol. The summed E-state index contributed by atoms with van der Waals surface area (Å²) in [6.07, 6.45) is 6.67. The molecule has 1 aliphatic heterocycles. The average Bonchev–Trinajstić information content (AvgIpc) is 2.71. The van der Waals surface area contributed by atoms with E-state index in [0.717, 1.165) is 31.4 Å². The quantitative estimate of drug-likeness (QED) is 0.311. The number of benzene rings is 1. The van der Waals surface area contributed by atoms with Crippen molar-refractivity contribution in [2.75, 3.05) is 26.2 Å². The summed E-state index contributed by atoms with van der Waals surface area (Å²) in [5.74, 6) is -0.998. The lowest BCUT2D eigenvalue weighted by atomic mass is 9.92. The monoisotopic (exact) mass is 417 g/mol. The topological polar surface area (TPSA) is 70.0 Å². The fourth-order valence-corrected chi connectivity index (χ4v) is 3.65. The summed E-state index contributed by atoms with van der Waals surface area (Å²) < 4.78 is 20.0. The Morgan fingerprint density at radius 1 is 1.20 bits per heavy atom. The van der Waals surface area contributed by atoms with Crippen molar-refractivity contribution in [2.45, 2.75) is 38.1 Å². The van der Waals surface area contributed by atoms with Crippen LogP contribution in [0.4, 0.5) is 4.39 Å². The van der Waals surface area contributed by atoms with E-state index in [1.807, 2.05) is 11.0 Å². The Morgan fingerprint density at radius 2 is 1.93 bits per heavy atom. The molecule has 2 rings (SSSR count). The first-order valence-corrected chi connectivity index (χ1v) is 10.4. The van der Waals surface area contributed by atoms with Crippen molar-refractivity contribution in [3.05, 3.63) is 66.5 Å². The van der Waals surface area contributed by atoms with Crippen molar-refractivity contribution in [3.8, 4) is 0 Å². The van der Waals surface area contributed by atoms with Gasteiger partial charge < -0.3 is 19.7 Å². The number of carbonyl (C=O) groups excluding carboxylic acids is 1. The van der Waals surface area contributed by atoms with Crippen LogP contribution in [-0.2, 0) is 16.1 Å². The van der Waals surface area contributed by atoms with Gasteiger partial charge in [-0.1, -0.05) is 43.5 Å². The minimum Gasteiger partial charge on any atom is -0.391 e. The van der Waals surface area contributed by atoms with Crippen molar-refractivity contribution in [1.29, 1.82) is 0 Å². The number of likely N-dealkylation sites (tertiary alicyclic amines) is 1. The van der Waals surface area contributed by atoms with Crippen LogP contribution in [0.15, 0.2) is 49.6 Å². The number of rotatable bonds is 12. The maximum Gasteiger partial charge on any atom is 0.131 e. The van der Waals surface area contributed by atoms with E-state index in [-0.39, 0.29) is 5.82 Å². The van der Waals surface area contributed by atoms with Gasteiger partial charge in [-0.2, -0.15) is 0 Å². The van der Waals surface area contributed by atoms with Gasteiger partial charge in [-0.05, 0) is 43.0 Å². The number of unbranched alkanes of at least 4 members (excludes halogenated alkanes) is 2. The largest absolute Gasteiger partial charge is 0.391 e. The molecule has 0 saturated carbocycles. The standard InChI is InChI=1S/C24H32FNO4/c1-3-8-19(4-2)20-10-9-18(13-22(20)25)17-30-12-7-5-6-11-26-14-23(28)21(16-27)24(29)15-26/h3-4,8-10,13,16,21,23-24,28-29H,1-2,5-7,11-12,14-15,17H2/b19-8+/t21?,23-,24+. The number of nitrogens with zero attached hydrogens (tertiary/aromatic N) is 1. The minimum atomic E-state index is -0.809. The number of carbonyl (C=O) groups is 1. The third-order valence-corrected chi connectivity index (χ3v) is 5.33. The van der Waals surface area contributed by atoms with E-state index in [4.69, 9.17) is 4.74 Å². The molecule has 0 spiro atoms. The van der Waals surface area contributed by atoms with E-state index in [2.05, 4.69) is 13.2 Å². The predicted molar refractivity (Wildman–Crippen MR) is 116 cm³/mol. The lowest BCUT2D eigenvalue weighted by Crippen LogP contribution is -2.52. The Labute approximate surface area is 178 Å². The second-order valence-electron chi connectivity index (χ2n) is 7.60. The van der Waals surface area contributed by atoms with E-state index in [9.17, 15) is 19.4 Å². The molecule has 30 heavy (non-hydrogen) atoms. The number of β-amino-alcohol motifs (C(OH)–C–C–N with tert-alkyl or cyclic N) is 2. The van der Waals surface area contributed by atoms with Crippen molar-refractivity contribution in [1.82, 2.24) is 4.90 Å². The number of halogens is 1. The number of aldehydes is 1. The molecule has 2 N–H and O–H groups in total. The molecular weight excluding hydrogens is 385 g/mol. The third kappa shape index (κ3) is 6.99. The first-order valence-electron chi connectivity index (χ1n) is 10.4. The van der Waals surface area contributed by atoms with Crippen LogP contribution in [0.5, 0.6) is 0 Å². The number of hydrogen-bond acceptors (Lipinski definition) is 5. The number of aliphatic hydroxyl groups is 2. The second kappa shape index (κ2) is 12.5. The molecule has 1 aromatic carbocycles. The van der Waals surface area contributed by atoms with Crippen molar-refractivity contribution in [2.24, 2.45) is 5.92 Å². The number of piperidine rings is 1. The van der Waals surface area contributed by atoms with Gasteiger partial charge in [-0.25, -0.2) is 4.39 Å². The van der Waals surface area contributed by atoms with Crippen LogP contribution in [-0.4, -0.2) is 59.8 Å². The van der Waals surface area contributed by atoms with Gasteiger partial charge in [0, 0.05) is 25.3 Å². The van der Waals surface area contributed by atoms with Crippen LogP contribution >= 0.6 is 0 Å². The molecule has 0 aromatic heterocycles. The Balaban J connectivity index is 1.65. The van der Waals surface area contributed by atoms with Gasteiger partial charge in [0.1, 0.15) is 12.1 Å². The summed E-state index contributed by atoms with van der Waals surface area (Å²) in [6.45, 7) is 9.84. The van der Waals surface area contributed by atoms with Gasteiger partial charge in [-0.15, -0.1) is 0 Å². The zero-order chi connectivity index (χ0) is 21.9. The van der Waals surface area contributed by atoms with E-state index < -0.39 is 18.1 Å². The molecule has 1 aromatic rings. The minimum absolute atomic E-state index is 0.313. The number of hydrogen-bond donors (Lipinski definition) is 2. The van der Waals surface area contributed by atoms with Crippen LogP contribution in [0.3, 0.4) is 0 Å². The predicted octanol–water partition coefficient (Wildman–Crippen LogP) is 3.12. The normalized spacial score (nSPS) is 22.6. The SMILES string of the molecule is C=C/C=C(\C=C)c1ccc(COCCCCCN2C[C@@H](O)C(C=O)[C@@H](O)C2)cc1F. The summed E-state index contributed by atoms with van der Waals surface area (Å²) in [5.41, 5.74) is 1.95. The number of allylic oxidation sites excluding steroid dienone is 4. The Hall–Kier alpha value is -2.12. The summed E-state index contributed by atoms with van der Waals surface area (Å²) in [7, 11) is 0. The number of ether oxygens (including phenoxy) is 1. The second-order valence-corrected chi connectivity index (χ2v) is 7.60. The first kappa shape index (κ1) is 24.2. The molecule has 0 amide bonds. The molecule has 1 aliphatic rings. The summed E-state index contributed by atoms with van der Waals surface area (Å²) >= 11 is 0. The van der Waals surface area contributed by atoms with Gasteiger partial charge in [0.15, 0.2) is 0 Å². The van der Waals surface area contributed by atoms with E-state index in [1.165, 1.54) is 6.07 Å². The summed E-state index contributed by atoms with van der Waals surface area (Å²) in [4.78, 5) is 12.9. The molecule has 1 heterocycles. The van der Waals surface area contributed by atoms with Crippen LogP contribution in [0.1, 0.15) is 30.4 Å². The third-order valence-electron chi connectivity index (χ3n) is 5.33. The highest BCUT2D eigenvalue weighted by Crippen LogP contribution is 2.21. The van der Waals surface area contributed by atoms with Crippen molar-refractivity contribution < 1.29 is 24.1 Å². The first-order chi connectivity index (χ1) is 14.5. The van der Waals surface area contributed by atoms with Crippen LogP contribution in [0.2, 0.25) is 0 Å². The maximum absolute atomic E-state index is 14.3. The molecule has 5 nitrogen and oxygen atoms in total. The lowest BCUT2D eigenvalue weighted by molar-refractivity contribution is -0.125. The molecule has 1 saturated heterocycles. The maximum atomic E-state index is 14.3. The van der Waals surface area contributed by atoms with Gasteiger partial charge in [0.25, 0.3) is 0 Å². The highest BCUT2D eigenvalue weighted by atomic mass is 19.1. The smallest absolute Gasteiger partial charge is 0.131 e. The highest BCUT2D eigenvalue weighted by Gasteiger charge is 2.34. The van der Waals surface area contributed by atoms with Gasteiger partial charge >= 0.3 is 0 Å². The fraction of sp³-hybridized carbons (Fsp3) is 0.458. The number of aliphatic hydroxyl groups excluding tert-OH is 2. The molecule has 6 heteroatoms. The highest BCUT2D eigenvalue weighted by molar-refractivity contribution is 5.75. The van der Waals surface area contributed by atoms with Crippen molar-refractivity contribution >= 4 is 11.9 Å². The van der Waals surface area contributed by atoms with E-state index in [0.29, 0.717) is 43.7 Å². The molecule has 1 unspecified atom stereocenters. The Bertz CT molecular complexity index is 737. The zero-order valence-electron chi connectivity index (χ0n) is 17.4. The van der Waals surface area contributed by atoms with E-state index >= 15 is 0 Å². The Morgan fingerprint density at radius 3 is 2.53 bits per heavy atom. The Kier molecular flexibility index (Phi) is 10.1. The molecular formula is C24H32FNO4. The van der Waals surface area contributed by atoms with Crippen LogP contribution in [0, 0.1) is 11.7 Å².